The third-order valence-electron chi connectivity index (χ3n) is 3.04. The quantitative estimate of drug-likeness (QED) is 0.761. The Kier molecular flexibility index (Phi) is 3.25. The number of benzene rings is 1. The molecule has 0 aliphatic rings. The van der Waals surface area contributed by atoms with Crippen LogP contribution in [0.15, 0.2) is 36.8 Å². The Morgan fingerprint density at radius 2 is 2.15 bits per heavy atom. The number of fused-ring (bicyclic) bond motifs is 1. The van der Waals surface area contributed by atoms with Gasteiger partial charge in [0.2, 0.25) is 0 Å². The van der Waals surface area contributed by atoms with Crippen LogP contribution >= 0.6 is 0 Å². The molecule has 0 saturated carbocycles. The molecule has 0 radical (unpaired) electrons. The molecule has 0 aliphatic carbocycles. The second-order valence-electron chi connectivity index (χ2n) is 4.52. The van der Waals surface area contributed by atoms with Crippen LogP contribution in [0.4, 0.5) is 11.5 Å². The van der Waals surface area contributed by atoms with Gasteiger partial charge in [0.1, 0.15) is 17.6 Å². The van der Waals surface area contributed by atoms with Gasteiger partial charge in [0.15, 0.2) is 5.82 Å². The van der Waals surface area contributed by atoms with E-state index >= 15 is 0 Å². The first-order chi connectivity index (χ1) is 9.78. The van der Waals surface area contributed by atoms with Gasteiger partial charge in [0.05, 0.1) is 17.8 Å². The molecule has 5 heteroatoms. The maximum absolute atomic E-state index is 5.67. The summed E-state index contributed by atoms with van der Waals surface area (Å²) in [4.78, 5) is 11.6. The Balaban J connectivity index is 2.00. The molecule has 20 heavy (non-hydrogen) atoms. The van der Waals surface area contributed by atoms with Crippen LogP contribution in [0.3, 0.4) is 0 Å². The minimum absolute atomic E-state index is 0.625. The molecule has 0 saturated heterocycles. The summed E-state index contributed by atoms with van der Waals surface area (Å²) < 4.78 is 5.67. The fraction of sp³-hybridized carbons (Fsp3) is 0.200. The van der Waals surface area contributed by atoms with Crippen molar-refractivity contribution in [1.29, 1.82) is 0 Å². The van der Waals surface area contributed by atoms with Crippen LogP contribution in [0.2, 0.25) is 0 Å². The number of nitrogens with zero attached hydrogens (tertiary/aromatic N) is 2. The van der Waals surface area contributed by atoms with E-state index < -0.39 is 0 Å². The summed E-state index contributed by atoms with van der Waals surface area (Å²) in [6.45, 7) is 4.64. The van der Waals surface area contributed by atoms with Crippen LogP contribution in [0, 0.1) is 6.92 Å². The number of aryl methyl sites for hydroxylation is 1. The number of hydrogen-bond acceptors (Lipinski definition) is 4. The zero-order valence-electron chi connectivity index (χ0n) is 11.5. The molecule has 0 aliphatic heterocycles. The number of rotatable bonds is 4. The van der Waals surface area contributed by atoms with Crippen molar-refractivity contribution in [2.24, 2.45) is 0 Å². The first-order valence-electron chi connectivity index (χ1n) is 6.56. The van der Waals surface area contributed by atoms with Gasteiger partial charge in [-0.05, 0) is 37.6 Å². The fourth-order valence-corrected chi connectivity index (χ4v) is 2.10. The predicted octanol–water partition coefficient (Wildman–Crippen LogP) is 3.41. The highest BCUT2D eigenvalue weighted by molar-refractivity contribution is 5.88. The summed E-state index contributed by atoms with van der Waals surface area (Å²) in [7, 11) is 0. The molecule has 102 valence electrons. The Morgan fingerprint density at radius 1 is 1.25 bits per heavy atom. The average Bonchev–Trinajstić information content (AvgIpc) is 2.91. The van der Waals surface area contributed by atoms with Crippen molar-refractivity contribution < 1.29 is 4.74 Å². The lowest BCUT2D eigenvalue weighted by Crippen LogP contribution is -2.00. The molecule has 0 bridgehead atoms. The lowest BCUT2D eigenvalue weighted by molar-refractivity contribution is 0.342. The van der Waals surface area contributed by atoms with E-state index in [0.717, 1.165) is 33.9 Å². The van der Waals surface area contributed by atoms with Gasteiger partial charge in [-0.2, -0.15) is 0 Å². The van der Waals surface area contributed by atoms with E-state index in [1.807, 2.05) is 44.3 Å². The van der Waals surface area contributed by atoms with E-state index in [2.05, 4.69) is 20.3 Å². The maximum atomic E-state index is 5.67. The number of hydrogen-bond donors (Lipinski definition) is 2. The average molecular weight is 268 g/mol. The van der Waals surface area contributed by atoms with E-state index in [1.54, 1.807) is 6.33 Å². The highest BCUT2D eigenvalue weighted by Crippen LogP contribution is 2.30. The van der Waals surface area contributed by atoms with Crippen molar-refractivity contribution in [2.75, 3.05) is 11.9 Å². The summed E-state index contributed by atoms with van der Waals surface area (Å²) >= 11 is 0. The van der Waals surface area contributed by atoms with Gasteiger partial charge in [-0.15, -0.1) is 0 Å². The number of aromatic amines is 1. The van der Waals surface area contributed by atoms with E-state index in [-0.39, 0.29) is 0 Å². The number of H-pyrrole nitrogens is 1. The van der Waals surface area contributed by atoms with E-state index in [9.17, 15) is 0 Å². The van der Waals surface area contributed by atoms with Crippen LogP contribution in [-0.2, 0) is 0 Å². The first-order valence-corrected chi connectivity index (χ1v) is 6.56. The zero-order chi connectivity index (χ0) is 13.9. The molecular weight excluding hydrogens is 252 g/mol. The van der Waals surface area contributed by atoms with Crippen LogP contribution in [0.25, 0.3) is 11.0 Å². The molecular formula is C15H16N4O. The van der Waals surface area contributed by atoms with Gasteiger partial charge >= 0.3 is 0 Å². The normalized spacial score (nSPS) is 10.7. The Labute approximate surface area is 117 Å². The Bertz CT molecular complexity index is 736. The number of ether oxygens (including phenoxy) is 1. The molecule has 0 spiro atoms. The molecule has 2 N–H and O–H groups in total. The summed E-state index contributed by atoms with van der Waals surface area (Å²) in [6.07, 6.45) is 3.40. The molecule has 0 amide bonds. The predicted molar refractivity (Wildman–Crippen MR) is 79.5 cm³/mol. The third kappa shape index (κ3) is 2.30. The van der Waals surface area contributed by atoms with E-state index in [1.165, 1.54) is 0 Å². The lowest BCUT2D eigenvalue weighted by Gasteiger charge is -2.13. The lowest BCUT2D eigenvalue weighted by atomic mass is 10.2. The molecule has 0 unspecified atom stereocenters. The van der Waals surface area contributed by atoms with Gasteiger partial charge < -0.3 is 15.0 Å². The van der Waals surface area contributed by atoms with Crippen molar-refractivity contribution in [3.63, 3.8) is 0 Å². The Hall–Kier alpha value is -2.56. The number of nitrogens with one attached hydrogen (secondary N) is 2. The molecule has 3 aromatic rings. The van der Waals surface area contributed by atoms with Crippen LogP contribution in [-0.4, -0.2) is 21.6 Å². The maximum Gasteiger partial charge on any atom is 0.158 e. The summed E-state index contributed by atoms with van der Waals surface area (Å²) in [5.74, 6) is 1.57. The second-order valence-corrected chi connectivity index (χ2v) is 4.52. The molecule has 1 aromatic carbocycles. The van der Waals surface area contributed by atoms with E-state index in [0.29, 0.717) is 6.61 Å². The van der Waals surface area contributed by atoms with Gasteiger partial charge in [-0.1, -0.05) is 6.07 Å². The minimum atomic E-state index is 0.625. The zero-order valence-corrected chi connectivity index (χ0v) is 11.5. The smallest absolute Gasteiger partial charge is 0.158 e. The summed E-state index contributed by atoms with van der Waals surface area (Å²) in [5, 5.41) is 3.31. The molecule has 0 atom stereocenters. The third-order valence-corrected chi connectivity index (χ3v) is 3.04. The molecule has 3 rings (SSSR count). The van der Waals surface area contributed by atoms with Gasteiger partial charge in [0, 0.05) is 6.20 Å². The van der Waals surface area contributed by atoms with E-state index in [4.69, 9.17) is 4.74 Å². The summed E-state index contributed by atoms with van der Waals surface area (Å²) in [6, 6.07) is 7.97. The fourth-order valence-electron chi connectivity index (χ4n) is 2.10. The molecule has 2 heterocycles. The van der Waals surface area contributed by atoms with Crippen molar-refractivity contribution in [2.45, 2.75) is 13.8 Å². The highest BCUT2D eigenvalue weighted by atomic mass is 16.5. The largest absolute Gasteiger partial charge is 0.492 e. The van der Waals surface area contributed by atoms with Crippen molar-refractivity contribution in [1.82, 2.24) is 15.0 Å². The molecule has 0 fully saturated rings. The number of anilines is 2. The van der Waals surface area contributed by atoms with Crippen LogP contribution in [0.5, 0.6) is 5.75 Å². The van der Waals surface area contributed by atoms with Crippen molar-refractivity contribution in [3.05, 3.63) is 42.4 Å². The monoisotopic (exact) mass is 268 g/mol. The van der Waals surface area contributed by atoms with Crippen molar-refractivity contribution in [3.8, 4) is 5.75 Å². The van der Waals surface area contributed by atoms with Crippen LogP contribution in [0.1, 0.15) is 12.5 Å². The van der Waals surface area contributed by atoms with Gasteiger partial charge in [0.25, 0.3) is 0 Å². The highest BCUT2D eigenvalue weighted by Gasteiger charge is 2.08. The number of aromatic nitrogens is 3. The second kappa shape index (κ2) is 5.21. The topological polar surface area (TPSA) is 62.8 Å². The molecule has 5 nitrogen and oxygen atoms in total. The Morgan fingerprint density at radius 3 is 3.00 bits per heavy atom. The SMILES string of the molecule is CCOc1cc(C)ccc1Nc1ncnc2cc[nH]c12. The van der Waals surface area contributed by atoms with Gasteiger partial charge in [-0.3, -0.25) is 0 Å². The van der Waals surface area contributed by atoms with Crippen LogP contribution < -0.4 is 10.1 Å². The minimum Gasteiger partial charge on any atom is -0.492 e. The standard InChI is InChI=1S/C15H16N4O/c1-3-20-13-8-10(2)4-5-11(13)19-15-14-12(6-7-16-14)17-9-18-15/h4-9,16H,3H2,1-2H3,(H,17,18,19). The molecule has 2 aromatic heterocycles. The summed E-state index contributed by atoms with van der Waals surface area (Å²) in [5.41, 5.74) is 3.82. The first kappa shape index (κ1) is 12.5. The van der Waals surface area contributed by atoms with Crippen molar-refractivity contribution >= 4 is 22.5 Å². The van der Waals surface area contributed by atoms with Gasteiger partial charge in [-0.25, -0.2) is 9.97 Å².